The zero-order chi connectivity index (χ0) is 25.8. The maximum absolute atomic E-state index is 12.9. The van der Waals surface area contributed by atoms with Crippen LogP contribution in [0.1, 0.15) is 58.8 Å². The summed E-state index contributed by atoms with van der Waals surface area (Å²) in [5, 5.41) is 37.5. The van der Waals surface area contributed by atoms with E-state index in [-0.39, 0.29) is 12.8 Å². The lowest BCUT2D eigenvalue weighted by Gasteiger charge is -2.26. The Kier molecular flexibility index (Phi) is 12.0. The second-order valence-corrected chi connectivity index (χ2v) is 8.35. The topological polar surface area (TPSA) is 211 Å². The Morgan fingerprint density at radius 1 is 0.882 bits per heavy atom. The Morgan fingerprint density at radius 3 is 1.85 bits per heavy atom. The molecule has 3 amide bonds. The Labute approximate surface area is 197 Å². The molecule has 1 aliphatic rings. The van der Waals surface area contributed by atoms with Crippen LogP contribution < -0.4 is 21.3 Å². The lowest BCUT2D eigenvalue weighted by Crippen LogP contribution is -2.57. The standard InChI is InChI=1S/C21H34N4O9/c1-3-11(2)17(21(33)34)25-20(32)14(7-9-16(28)29)24-19(31)13(6-8-15(26)27)23-18(30)12-5-4-10-22-12/h11-14,17,22H,3-10H2,1-2H3,(H,23,30)(H,24,31)(H,25,32)(H,26,27)(H,28,29)(H,33,34). The number of hydrogen-bond donors (Lipinski definition) is 7. The van der Waals surface area contributed by atoms with E-state index in [0.29, 0.717) is 19.4 Å². The van der Waals surface area contributed by atoms with Crippen molar-refractivity contribution < 1.29 is 44.1 Å². The smallest absolute Gasteiger partial charge is 0.326 e. The van der Waals surface area contributed by atoms with Crippen LogP contribution >= 0.6 is 0 Å². The number of amides is 3. The predicted octanol–water partition coefficient (Wildman–Crippen LogP) is -0.947. The summed E-state index contributed by atoms with van der Waals surface area (Å²) in [7, 11) is 0. The minimum atomic E-state index is -1.40. The second-order valence-electron chi connectivity index (χ2n) is 8.35. The average molecular weight is 487 g/mol. The van der Waals surface area contributed by atoms with E-state index in [1.54, 1.807) is 13.8 Å². The minimum absolute atomic E-state index is 0.252. The van der Waals surface area contributed by atoms with E-state index >= 15 is 0 Å². The molecule has 13 heteroatoms. The van der Waals surface area contributed by atoms with Crippen molar-refractivity contribution in [3.8, 4) is 0 Å². The summed E-state index contributed by atoms with van der Waals surface area (Å²) in [6.45, 7) is 3.99. The minimum Gasteiger partial charge on any atom is -0.481 e. The highest BCUT2D eigenvalue weighted by molar-refractivity contribution is 5.94. The molecule has 0 aromatic rings. The first-order valence-corrected chi connectivity index (χ1v) is 11.3. The van der Waals surface area contributed by atoms with Gasteiger partial charge in [-0.2, -0.15) is 0 Å². The molecule has 0 radical (unpaired) electrons. The van der Waals surface area contributed by atoms with Crippen LogP contribution in [0.4, 0.5) is 0 Å². The van der Waals surface area contributed by atoms with Crippen molar-refractivity contribution in [1.82, 2.24) is 21.3 Å². The molecule has 34 heavy (non-hydrogen) atoms. The van der Waals surface area contributed by atoms with Gasteiger partial charge in [0, 0.05) is 12.8 Å². The summed E-state index contributed by atoms with van der Waals surface area (Å²) in [5.41, 5.74) is 0. The van der Waals surface area contributed by atoms with Gasteiger partial charge in [0.05, 0.1) is 6.04 Å². The fraction of sp³-hybridized carbons (Fsp3) is 0.714. The van der Waals surface area contributed by atoms with Crippen LogP contribution in [0, 0.1) is 5.92 Å². The van der Waals surface area contributed by atoms with Crippen LogP contribution in [-0.2, 0) is 28.8 Å². The van der Waals surface area contributed by atoms with Crippen LogP contribution in [0.3, 0.4) is 0 Å². The predicted molar refractivity (Wildman–Crippen MR) is 118 cm³/mol. The number of carbonyl (C=O) groups excluding carboxylic acids is 3. The fourth-order valence-electron chi connectivity index (χ4n) is 3.46. The molecule has 0 aromatic carbocycles. The van der Waals surface area contributed by atoms with Gasteiger partial charge in [0.25, 0.3) is 0 Å². The Balaban J connectivity index is 2.99. The quantitative estimate of drug-likeness (QED) is 0.151. The molecule has 0 saturated carbocycles. The zero-order valence-corrected chi connectivity index (χ0v) is 19.3. The molecule has 1 heterocycles. The third-order valence-electron chi connectivity index (χ3n) is 5.71. The van der Waals surface area contributed by atoms with Gasteiger partial charge in [-0.05, 0) is 38.1 Å². The van der Waals surface area contributed by atoms with Crippen LogP contribution in [0.15, 0.2) is 0 Å². The Bertz CT molecular complexity index is 767. The molecule has 5 atom stereocenters. The van der Waals surface area contributed by atoms with Crippen LogP contribution in [0.25, 0.3) is 0 Å². The number of aliphatic carboxylic acids is 3. The van der Waals surface area contributed by atoms with E-state index in [2.05, 4.69) is 21.3 Å². The fourth-order valence-corrected chi connectivity index (χ4v) is 3.46. The van der Waals surface area contributed by atoms with Crippen molar-refractivity contribution in [2.45, 2.75) is 83.0 Å². The van der Waals surface area contributed by atoms with Gasteiger partial charge in [-0.25, -0.2) is 4.79 Å². The molecule has 1 fully saturated rings. The monoisotopic (exact) mass is 486 g/mol. The molecule has 1 aliphatic heterocycles. The first-order valence-electron chi connectivity index (χ1n) is 11.3. The number of hydrogen-bond acceptors (Lipinski definition) is 7. The molecule has 13 nitrogen and oxygen atoms in total. The Morgan fingerprint density at radius 2 is 1.41 bits per heavy atom. The molecular formula is C21H34N4O9. The highest BCUT2D eigenvalue weighted by atomic mass is 16.4. The third kappa shape index (κ3) is 9.73. The van der Waals surface area contributed by atoms with Crippen molar-refractivity contribution in [2.24, 2.45) is 5.92 Å². The first-order chi connectivity index (χ1) is 16.0. The molecular weight excluding hydrogens is 452 g/mol. The number of nitrogens with one attached hydrogen (secondary N) is 4. The number of carbonyl (C=O) groups is 6. The Hall–Kier alpha value is -3.22. The van der Waals surface area contributed by atoms with Crippen LogP contribution in [-0.4, -0.2) is 81.7 Å². The van der Waals surface area contributed by atoms with Crippen molar-refractivity contribution in [3.05, 3.63) is 0 Å². The molecule has 7 N–H and O–H groups in total. The summed E-state index contributed by atoms with van der Waals surface area (Å²) in [6, 6.07) is -4.46. The molecule has 0 spiro atoms. The van der Waals surface area contributed by atoms with Gasteiger partial charge in [0.2, 0.25) is 17.7 Å². The molecule has 0 bridgehead atoms. The molecule has 192 valence electrons. The lowest BCUT2D eigenvalue weighted by molar-refractivity contribution is -0.144. The second kappa shape index (κ2) is 14.1. The zero-order valence-electron chi connectivity index (χ0n) is 19.3. The normalized spacial score (nSPS) is 18.7. The van der Waals surface area contributed by atoms with Crippen molar-refractivity contribution in [3.63, 3.8) is 0 Å². The van der Waals surface area contributed by atoms with Crippen LogP contribution in [0.5, 0.6) is 0 Å². The third-order valence-corrected chi connectivity index (χ3v) is 5.71. The number of rotatable bonds is 15. The molecule has 1 rings (SSSR count). The van der Waals surface area contributed by atoms with Gasteiger partial charge in [-0.15, -0.1) is 0 Å². The highest BCUT2D eigenvalue weighted by Crippen LogP contribution is 2.10. The van der Waals surface area contributed by atoms with E-state index in [0.717, 1.165) is 6.42 Å². The maximum atomic E-state index is 12.9. The van der Waals surface area contributed by atoms with E-state index < -0.39 is 78.6 Å². The molecule has 0 aromatic heterocycles. The highest BCUT2D eigenvalue weighted by Gasteiger charge is 2.33. The van der Waals surface area contributed by atoms with Gasteiger partial charge in [0.15, 0.2) is 0 Å². The van der Waals surface area contributed by atoms with E-state index in [9.17, 15) is 33.9 Å². The van der Waals surface area contributed by atoms with E-state index in [1.807, 2.05) is 0 Å². The first kappa shape index (κ1) is 28.8. The largest absolute Gasteiger partial charge is 0.481 e. The van der Waals surface area contributed by atoms with E-state index in [1.165, 1.54) is 0 Å². The summed E-state index contributed by atoms with van der Waals surface area (Å²) < 4.78 is 0. The van der Waals surface area contributed by atoms with Gasteiger partial charge >= 0.3 is 17.9 Å². The molecule has 5 unspecified atom stereocenters. The summed E-state index contributed by atoms with van der Waals surface area (Å²) in [6.07, 6.45) is 0.259. The van der Waals surface area contributed by atoms with Crippen molar-refractivity contribution >= 4 is 35.6 Å². The van der Waals surface area contributed by atoms with Crippen molar-refractivity contribution in [1.29, 1.82) is 0 Å². The summed E-state index contributed by atoms with van der Waals surface area (Å²) in [4.78, 5) is 71.7. The maximum Gasteiger partial charge on any atom is 0.326 e. The SMILES string of the molecule is CCC(C)C(NC(=O)C(CCC(=O)O)NC(=O)C(CCC(=O)O)NC(=O)C1CCCN1)C(=O)O. The average Bonchev–Trinajstić information content (AvgIpc) is 3.31. The van der Waals surface area contributed by atoms with Gasteiger partial charge in [-0.3, -0.25) is 24.0 Å². The van der Waals surface area contributed by atoms with Gasteiger partial charge in [0.1, 0.15) is 18.1 Å². The van der Waals surface area contributed by atoms with E-state index in [4.69, 9.17) is 10.2 Å². The van der Waals surface area contributed by atoms with Gasteiger partial charge in [-0.1, -0.05) is 20.3 Å². The summed E-state index contributed by atoms with van der Waals surface area (Å²) >= 11 is 0. The number of carboxylic acid groups (broad SMARTS) is 3. The number of carboxylic acids is 3. The van der Waals surface area contributed by atoms with Gasteiger partial charge < -0.3 is 36.6 Å². The molecule has 0 aliphatic carbocycles. The van der Waals surface area contributed by atoms with Crippen molar-refractivity contribution in [2.75, 3.05) is 6.54 Å². The van der Waals surface area contributed by atoms with Crippen LogP contribution in [0.2, 0.25) is 0 Å². The molecule has 1 saturated heterocycles. The summed E-state index contributed by atoms with van der Waals surface area (Å²) in [5.74, 6) is -6.37. The lowest BCUT2D eigenvalue weighted by atomic mass is 9.98.